The van der Waals surface area contributed by atoms with Crippen LogP contribution in [0.5, 0.6) is 5.75 Å². The third kappa shape index (κ3) is 3.32. The van der Waals surface area contributed by atoms with Crippen LogP contribution in [0.25, 0.3) is 0 Å². The van der Waals surface area contributed by atoms with E-state index in [1.807, 2.05) is 6.20 Å². The van der Waals surface area contributed by atoms with Crippen LogP contribution in [0.4, 0.5) is 0 Å². The van der Waals surface area contributed by atoms with E-state index >= 15 is 0 Å². The van der Waals surface area contributed by atoms with E-state index in [9.17, 15) is 0 Å². The summed E-state index contributed by atoms with van der Waals surface area (Å²) in [6.45, 7) is 5.34. The largest absolute Gasteiger partial charge is 0.496 e. The van der Waals surface area contributed by atoms with Crippen LogP contribution in [0, 0.1) is 25.7 Å². The van der Waals surface area contributed by atoms with Gasteiger partial charge in [0.1, 0.15) is 5.75 Å². The van der Waals surface area contributed by atoms with E-state index in [0.29, 0.717) is 0 Å². The number of pyridine rings is 1. The van der Waals surface area contributed by atoms with Crippen molar-refractivity contribution >= 4 is 0 Å². The Bertz CT molecular complexity index is 443. The number of methoxy groups -OCH3 is 1. The third-order valence-electron chi connectivity index (χ3n) is 4.74. The molecule has 0 aromatic carbocycles. The molecule has 0 bridgehead atoms. The molecular formula is C17H28N2O. The van der Waals surface area contributed by atoms with Gasteiger partial charge in [0, 0.05) is 23.0 Å². The lowest BCUT2D eigenvalue weighted by atomic mass is 9.76. The normalized spacial score (nSPS) is 22.8. The molecule has 2 rings (SSSR count). The fourth-order valence-electron chi connectivity index (χ4n) is 3.61. The smallest absolute Gasteiger partial charge is 0.128 e. The maximum absolute atomic E-state index is 5.53. The van der Waals surface area contributed by atoms with Crippen LogP contribution in [-0.4, -0.2) is 25.7 Å². The highest BCUT2D eigenvalue weighted by Crippen LogP contribution is 2.34. The van der Waals surface area contributed by atoms with Gasteiger partial charge in [-0.1, -0.05) is 12.8 Å². The van der Waals surface area contributed by atoms with Crippen molar-refractivity contribution in [2.45, 2.75) is 46.0 Å². The first-order valence-electron chi connectivity index (χ1n) is 7.81. The number of aromatic nitrogens is 1. The quantitative estimate of drug-likeness (QED) is 0.896. The van der Waals surface area contributed by atoms with Crippen LogP contribution < -0.4 is 10.1 Å². The highest BCUT2D eigenvalue weighted by molar-refractivity contribution is 5.41. The third-order valence-corrected chi connectivity index (χ3v) is 4.74. The molecule has 0 spiro atoms. The number of nitrogens with one attached hydrogen (secondary N) is 1. The molecule has 0 radical (unpaired) electrons. The minimum atomic E-state index is 0.759. The maximum Gasteiger partial charge on any atom is 0.128 e. The summed E-state index contributed by atoms with van der Waals surface area (Å²) in [5.41, 5.74) is 3.57. The Labute approximate surface area is 123 Å². The zero-order chi connectivity index (χ0) is 14.5. The summed E-state index contributed by atoms with van der Waals surface area (Å²) in [6.07, 6.45) is 8.49. The number of hydrogen-bond donors (Lipinski definition) is 1. The summed E-state index contributed by atoms with van der Waals surface area (Å²) in [5, 5.41) is 3.35. The topological polar surface area (TPSA) is 34.2 Å². The van der Waals surface area contributed by atoms with E-state index in [2.05, 4.69) is 31.2 Å². The van der Waals surface area contributed by atoms with E-state index < -0.39 is 0 Å². The van der Waals surface area contributed by atoms with E-state index in [1.165, 1.54) is 36.9 Å². The molecule has 1 fully saturated rings. The van der Waals surface area contributed by atoms with Gasteiger partial charge >= 0.3 is 0 Å². The Hall–Kier alpha value is -1.09. The van der Waals surface area contributed by atoms with Crippen LogP contribution in [0.15, 0.2) is 6.20 Å². The summed E-state index contributed by atoms with van der Waals surface area (Å²) in [7, 11) is 3.81. The predicted octanol–water partition coefficient (Wildman–Crippen LogP) is 3.28. The lowest BCUT2D eigenvalue weighted by Gasteiger charge is -2.31. The molecule has 20 heavy (non-hydrogen) atoms. The van der Waals surface area contributed by atoms with Gasteiger partial charge in [0.05, 0.1) is 7.11 Å². The van der Waals surface area contributed by atoms with Gasteiger partial charge in [-0.2, -0.15) is 0 Å². The molecule has 1 heterocycles. The molecule has 0 aliphatic heterocycles. The molecule has 1 saturated carbocycles. The number of rotatable bonds is 5. The molecule has 1 aromatic rings. The van der Waals surface area contributed by atoms with Crippen LogP contribution >= 0.6 is 0 Å². The molecule has 1 N–H and O–H groups in total. The van der Waals surface area contributed by atoms with Crippen LogP contribution in [0.2, 0.25) is 0 Å². The lowest BCUT2D eigenvalue weighted by Crippen LogP contribution is -2.30. The van der Waals surface area contributed by atoms with Crippen molar-refractivity contribution in [3.05, 3.63) is 23.0 Å². The Morgan fingerprint density at radius 1 is 1.25 bits per heavy atom. The minimum Gasteiger partial charge on any atom is -0.496 e. The monoisotopic (exact) mass is 276 g/mol. The summed E-state index contributed by atoms with van der Waals surface area (Å²) in [5.74, 6) is 2.56. The van der Waals surface area contributed by atoms with Crippen molar-refractivity contribution in [2.24, 2.45) is 11.8 Å². The van der Waals surface area contributed by atoms with Gasteiger partial charge in [0.15, 0.2) is 0 Å². The van der Waals surface area contributed by atoms with Crippen molar-refractivity contribution in [3.63, 3.8) is 0 Å². The second-order valence-electron chi connectivity index (χ2n) is 6.11. The summed E-state index contributed by atoms with van der Waals surface area (Å²) in [4.78, 5) is 4.67. The fourth-order valence-corrected chi connectivity index (χ4v) is 3.61. The maximum atomic E-state index is 5.53. The summed E-state index contributed by atoms with van der Waals surface area (Å²) in [6, 6.07) is 0. The average Bonchev–Trinajstić information content (AvgIpc) is 2.45. The van der Waals surface area contributed by atoms with Gasteiger partial charge in [-0.25, -0.2) is 0 Å². The van der Waals surface area contributed by atoms with E-state index in [4.69, 9.17) is 4.74 Å². The highest BCUT2D eigenvalue weighted by Gasteiger charge is 2.26. The number of aryl methyl sites for hydroxylation is 1. The molecule has 2 atom stereocenters. The SMILES string of the molecule is CNCC1CCCCC1Cc1ncc(C)c(OC)c1C. The van der Waals surface area contributed by atoms with Crippen molar-refractivity contribution in [2.75, 3.05) is 20.7 Å². The molecule has 1 aromatic heterocycles. The average molecular weight is 276 g/mol. The predicted molar refractivity (Wildman–Crippen MR) is 83.3 cm³/mol. The van der Waals surface area contributed by atoms with Gasteiger partial charge in [-0.15, -0.1) is 0 Å². The highest BCUT2D eigenvalue weighted by atomic mass is 16.5. The number of nitrogens with zero attached hydrogens (tertiary/aromatic N) is 1. The fraction of sp³-hybridized carbons (Fsp3) is 0.706. The van der Waals surface area contributed by atoms with Crippen molar-refractivity contribution < 1.29 is 4.74 Å². The van der Waals surface area contributed by atoms with Gasteiger partial charge in [0.25, 0.3) is 0 Å². The van der Waals surface area contributed by atoms with E-state index in [-0.39, 0.29) is 0 Å². The molecule has 0 saturated heterocycles. The van der Waals surface area contributed by atoms with Crippen LogP contribution in [0.3, 0.4) is 0 Å². The number of hydrogen-bond acceptors (Lipinski definition) is 3. The molecule has 3 heteroatoms. The summed E-state index contributed by atoms with van der Waals surface area (Å²) >= 11 is 0. The minimum absolute atomic E-state index is 0.759. The summed E-state index contributed by atoms with van der Waals surface area (Å²) < 4.78 is 5.53. The molecule has 1 aliphatic rings. The number of ether oxygens (including phenoxy) is 1. The van der Waals surface area contributed by atoms with E-state index in [0.717, 1.165) is 36.1 Å². The Morgan fingerprint density at radius 2 is 1.95 bits per heavy atom. The second kappa shape index (κ2) is 7.07. The van der Waals surface area contributed by atoms with Crippen molar-refractivity contribution in [1.82, 2.24) is 10.3 Å². The van der Waals surface area contributed by atoms with Crippen LogP contribution in [0.1, 0.15) is 42.5 Å². The first kappa shape index (κ1) is 15.3. The Kier molecular flexibility index (Phi) is 5.41. The molecule has 3 nitrogen and oxygen atoms in total. The second-order valence-corrected chi connectivity index (χ2v) is 6.11. The Balaban J connectivity index is 2.16. The van der Waals surface area contributed by atoms with Gasteiger partial charge in [-0.3, -0.25) is 4.98 Å². The Morgan fingerprint density at radius 3 is 2.60 bits per heavy atom. The van der Waals surface area contributed by atoms with Crippen LogP contribution in [-0.2, 0) is 6.42 Å². The van der Waals surface area contributed by atoms with Gasteiger partial charge < -0.3 is 10.1 Å². The van der Waals surface area contributed by atoms with Crippen molar-refractivity contribution in [3.8, 4) is 5.75 Å². The van der Waals surface area contributed by atoms with Crippen molar-refractivity contribution in [1.29, 1.82) is 0 Å². The first-order valence-corrected chi connectivity index (χ1v) is 7.81. The van der Waals surface area contributed by atoms with Gasteiger partial charge in [-0.05, 0) is 58.5 Å². The zero-order valence-corrected chi connectivity index (χ0v) is 13.3. The standard InChI is InChI=1S/C17H28N2O/c1-12-10-19-16(13(2)17(12)20-4)9-14-7-5-6-8-15(14)11-18-3/h10,14-15,18H,5-9,11H2,1-4H3. The molecule has 0 amide bonds. The zero-order valence-electron chi connectivity index (χ0n) is 13.3. The molecular weight excluding hydrogens is 248 g/mol. The lowest BCUT2D eigenvalue weighted by molar-refractivity contribution is 0.230. The molecule has 2 unspecified atom stereocenters. The van der Waals surface area contributed by atoms with Gasteiger partial charge in [0.2, 0.25) is 0 Å². The first-order chi connectivity index (χ1) is 9.67. The van der Waals surface area contributed by atoms with E-state index in [1.54, 1.807) is 7.11 Å². The molecule has 1 aliphatic carbocycles. The molecule has 112 valence electrons.